The van der Waals surface area contributed by atoms with Crippen molar-refractivity contribution < 1.29 is 14.3 Å². The van der Waals surface area contributed by atoms with Crippen molar-refractivity contribution in [3.63, 3.8) is 0 Å². The van der Waals surface area contributed by atoms with Gasteiger partial charge in [0.1, 0.15) is 11.5 Å². The molecule has 0 unspecified atom stereocenters. The van der Waals surface area contributed by atoms with E-state index in [2.05, 4.69) is 16.8 Å². The zero-order valence-electron chi connectivity index (χ0n) is 9.22. The molecule has 0 aliphatic heterocycles. The van der Waals surface area contributed by atoms with E-state index < -0.39 is 5.97 Å². The van der Waals surface area contributed by atoms with Crippen LogP contribution < -0.4 is 0 Å². The first kappa shape index (κ1) is 11.8. The zero-order valence-corrected chi connectivity index (χ0v) is 9.22. The summed E-state index contributed by atoms with van der Waals surface area (Å²) in [5, 5.41) is 8.68. The smallest absolute Gasteiger partial charge is 0.354 e. The summed E-state index contributed by atoms with van der Waals surface area (Å²) in [6, 6.07) is 8.76. The molecular formula is C14H8FNO2. The van der Waals surface area contributed by atoms with E-state index in [1.807, 2.05) is 0 Å². The Kier molecular flexibility index (Phi) is 3.35. The van der Waals surface area contributed by atoms with Crippen LogP contribution in [0, 0.1) is 17.7 Å². The van der Waals surface area contributed by atoms with Crippen LogP contribution >= 0.6 is 0 Å². The highest BCUT2D eigenvalue weighted by molar-refractivity contribution is 5.85. The van der Waals surface area contributed by atoms with Crippen LogP contribution in [-0.2, 0) is 0 Å². The molecule has 0 radical (unpaired) electrons. The highest BCUT2D eigenvalue weighted by atomic mass is 19.1. The number of halogens is 1. The van der Waals surface area contributed by atoms with Crippen LogP contribution in [0.1, 0.15) is 21.6 Å². The number of carboxylic acids is 1. The van der Waals surface area contributed by atoms with E-state index in [9.17, 15) is 9.18 Å². The van der Waals surface area contributed by atoms with Crippen LogP contribution in [0.3, 0.4) is 0 Å². The van der Waals surface area contributed by atoms with E-state index in [0.717, 1.165) is 0 Å². The Bertz CT molecular complexity index is 622. The number of benzene rings is 1. The van der Waals surface area contributed by atoms with Gasteiger partial charge in [0.25, 0.3) is 0 Å². The van der Waals surface area contributed by atoms with Crippen LogP contribution in [0.15, 0.2) is 42.6 Å². The fourth-order valence-electron chi connectivity index (χ4n) is 1.27. The Labute approximate surface area is 103 Å². The lowest BCUT2D eigenvalue weighted by molar-refractivity contribution is 0.0690. The molecule has 0 saturated carbocycles. The third kappa shape index (κ3) is 2.92. The number of carbonyl (C=O) groups is 1. The van der Waals surface area contributed by atoms with Gasteiger partial charge in [0, 0.05) is 17.3 Å². The van der Waals surface area contributed by atoms with Crippen molar-refractivity contribution in [3.05, 3.63) is 65.2 Å². The van der Waals surface area contributed by atoms with Crippen molar-refractivity contribution >= 4 is 5.97 Å². The van der Waals surface area contributed by atoms with Crippen molar-refractivity contribution in [2.75, 3.05) is 0 Å². The molecule has 1 N–H and O–H groups in total. The van der Waals surface area contributed by atoms with Gasteiger partial charge in [0.2, 0.25) is 0 Å². The van der Waals surface area contributed by atoms with E-state index >= 15 is 0 Å². The van der Waals surface area contributed by atoms with Crippen LogP contribution in [0.4, 0.5) is 4.39 Å². The normalized spacial score (nSPS) is 9.39. The maximum atomic E-state index is 12.7. The van der Waals surface area contributed by atoms with Crippen molar-refractivity contribution in [2.45, 2.75) is 0 Å². The van der Waals surface area contributed by atoms with E-state index in [1.165, 1.54) is 24.4 Å². The Hall–Kier alpha value is -2.67. The first-order valence-corrected chi connectivity index (χ1v) is 5.12. The molecule has 2 aromatic rings. The Morgan fingerprint density at radius 1 is 1.06 bits per heavy atom. The fraction of sp³-hybridized carbons (Fsp3) is 0. The van der Waals surface area contributed by atoms with Gasteiger partial charge in [-0.3, -0.25) is 0 Å². The van der Waals surface area contributed by atoms with Crippen LogP contribution in [0.5, 0.6) is 0 Å². The molecule has 1 heterocycles. The van der Waals surface area contributed by atoms with Crippen molar-refractivity contribution in [2.24, 2.45) is 0 Å². The summed E-state index contributed by atoms with van der Waals surface area (Å²) in [6.07, 6.45) is 1.39. The highest BCUT2D eigenvalue weighted by Crippen LogP contribution is 2.02. The topological polar surface area (TPSA) is 50.2 Å². The molecule has 0 fully saturated rings. The van der Waals surface area contributed by atoms with Gasteiger partial charge in [-0.05, 0) is 36.4 Å². The summed E-state index contributed by atoms with van der Waals surface area (Å²) < 4.78 is 12.7. The first-order valence-electron chi connectivity index (χ1n) is 5.12. The largest absolute Gasteiger partial charge is 0.477 e. The van der Waals surface area contributed by atoms with E-state index in [1.54, 1.807) is 18.2 Å². The standard InChI is InChI=1S/C14H8FNO2/c15-12-6-3-10(4-7-12)1-2-11-5-8-13(14(17)18)16-9-11/h3-9H,(H,17,18). The van der Waals surface area contributed by atoms with Gasteiger partial charge in [-0.15, -0.1) is 0 Å². The SMILES string of the molecule is O=C(O)c1ccc(C#Cc2ccc(F)cc2)cn1. The molecule has 0 aliphatic rings. The molecule has 88 valence electrons. The van der Waals surface area contributed by atoms with Crippen LogP contribution in [-0.4, -0.2) is 16.1 Å². The third-order valence-corrected chi connectivity index (χ3v) is 2.18. The maximum absolute atomic E-state index is 12.7. The maximum Gasteiger partial charge on any atom is 0.354 e. The van der Waals surface area contributed by atoms with Crippen molar-refractivity contribution in [3.8, 4) is 11.8 Å². The quantitative estimate of drug-likeness (QED) is 0.779. The van der Waals surface area contributed by atoms with Gasteiger partial charge < -0.3 is 5.11 Å². The van der Waals surface area contributed by atoms with Gasteiger partial charge in [0.15, 0.2) is 0 Å². The average molecular weight is 241 g/mol. The van der Waals surface area contributed by atoms with Gasteiger partial charge in [-0.2, -0.15) is 0 Å². The summed E-state index contributed by atoms with van der Waals surface area (Å²) in [4.78, 5) is 14.3. The summed E-state index contributed by atoms with van der Waals surface area (Å²) in [7, 11) is 0. The van der Waals surface area contributed by atoms with E-state index in [0.29, 0.717) is 11.1 Å². The van der Waals surface area contributed by atoms with Gasteiger partial charge in [0.05, 0.1) is 0 Å². The van der Waals surface area contributed by atoms with Gasteiger partial charge in [-0.25, -0.2) is 14.2 Å². The molecule has 0 bridgehead atoms. The molecule has 0 saturated heterocycles. The highest BCUT2D eigenvalue weighted by Gasteiger charge is 2.01. The lowest BCUT2D eigenvalue weighted by Gasteiger charge is -1.93. The summed E-state index contributed by atoms with van der Waals surface area (Å²) in [5.74, 6) is 4.26. The summed E-state index contributed by atoms with van der Waals surface area (Å²) in [6.45, 7) is 0. The molecule has 0 spiro atoms. The first-order chi connectivity index (χ1) is 8.65. The molecule has 0 amide bonds. The lowest BCUT2D eigenvalue weighted by Crippen LogP contribution is -1.99. The Morgan fingerprint density at radius 2 is 1.67 bits per heavy atom. The zero-order chi connectivity index (χ0) is 13.0. The minimum absolute atomic E-state index is 0.0256. The van der Waals surface area contributed by atoms with E-state index in [-0.39, 0.29) is 11.5 Å². The second-order valence-corrected chi connectivity index (χ2v) is 3.49. The van der Waals surface area contributed by atoms with Crippen molar-refractivity contribution in [1.29, 1.82) is 0 Å². The number of carboxylic acid groups (broad SMARTS) is 1. The number of hydrogen-bond acceptors (Lipinski definition) is 2. The summed E-state index contributed by atoms with van der Waals surface area (Å²) >= 11 is 0. The molecule has 1 aromatic carbocycles. The molecular weight excluding hydrogens is 233 g/mol. The van der Waals surface area contributed by atoms with Crippen LogP contribution in [0.2, 0.25) is 0 Å². The number of aromatic nitrogens is 1. The van der Waals surface area contributed by atoms with Crippen molar-refractivity contribution in [1.82, 2.24) is 4.98 Å². The predicted molar refractivity (Wildman–Crippen MR) is 63.6 cm³/mol. The molecule has 0 atom stereocenters. The van der Waals surface area contributed by atoms with Gasteiger partial charge in [-0.1, -0.05) is 11.8 Å². The Balaban J connectivity index is 2.19. The number of hydrogen-bond donors (Lipinski definition) is 1. The van der Waals surface area contributed by atoms with Gasteiger partial charge >= 0.3 is 5.97 Å². The molecule has 18 heavy (non-hydrogen) atoms. The molecule has 1 aromatic heterocycles. The monoisotopic (exact) mass is 241 g/mol. The molecule has 4 heteroatoms. The second kappa shape index (κ2) is 5.11. The summed E-state index contributed by atoms with van der Waals surface area (Å²) in [5.41, 5.74) is 1.25. The molecule has 2 rings (SSSR count). The van der Waals surface area contributed by atoms with Crippen LogP contribution in [0.25, 0.3) is 0 Å². The molecule has 3 nitrogen and oxygen atoms in total. The average Bonchev–Trinajstić information content (AvgIpc) is 2.38. The number of rotatable bonds is 1. The fourth-order valence-corrected chi connectivity index (χ4v) is 1.27. The second-order valence-electron chi connectivity index (χ2n) is 3.49. The molecule has 0 aliphatic carbocycles. The Morgan fingerprint density at radius 3 is 2.22 bits per heavy atom. The number of aromatic carboxylic acids is 1. The minimum Gasteiger partial charge on any atom is -0.477 e. The minimum atomic E-state index is -1.08. The predicted octanol–water partition coefficient (Wildman–Crippen LogP) is 2.32. The number of pyridine rings is 1. The van der Waals surface area contributed by atoms with E-state index in [4.69, 9.17) is 5.11 Å². The number of nitrogens with zero attached hydrogens (tertiary/aromatic N) is 1. The third-order valence-electron chi connectivity index (χ3n) is 2.18. The lowest BCUT2D eigenvalue weighted by atomic mass is 10.2.